The molecule has 0 aromatic rings. The van der Waals surface area contributed by atoms with Gasteiger partial charge in [-0.05, 0) is 25.3 Å². The van der Waals surface area contributed by atoms with Crippen LogP contribution in [0.25, 0.3) is 0 Å². The van der Waals surface area contributed by atoms with Crippen molar-refractivity contribution in [3.05, 3.63) is 0 Å². The standard InChI is InChI=1S/C6H14N2S/c9-8-5-7-4-6-2-1-3-6/h6-9H,1-5H2. The second-order valence-corrected chi connectivity index (χ2v) is 2.90. The van der Waals surface area contributed by atoms with Crippen LogP contribution in [0, 0.1) is 5.92 Å². The summed E-state index contributed by atoms with van der Waals surface area (Å²) in [6, 6.07) is 0. The molecule has 0 atom stereocenters. The maximum Gasteiger partial charge on any atom is 0.0549 e. The molecule has 0 radical (unpaired) electrons. The van der Waals surface area contributed by atoms with E-state index in [0.717, 1.165) is 19.1 Å². The van der Waals surface area contributed by atoms with Crippen molar-refractivity contribution in [3.8, 4) is 0 Å². The van der Waals surface area contributed by atoms with Gasteiger partial charge < -0.3 is 5.32 Å². The summed E-state index contributed by atoms with van der Waals surface area (Å²) in [4.78, 5) is 0. The van der Waals surface area contributed by atoms with Gasteiger partial charge in [0.05, 0.1) is 6.67 Å². The van der Waals surface area contributed by atoms with Crippen molar-refractivity contribution >= 4 is 12.8 Å². The molecule has 0 amide bonds. The Labute approximate surface area is 61.9 Å². The molecule has 9 heavy (non-hydrogen) atoms. The minimum Gasteiger partial charge on any atom is -0.304 e. The zero-order valence-electron chi connectivity index (χ0n) is 5.56. The summed E-state index contributed by atoms with van der Waals surface area (Å²) < 4.78 is 2.75. The first-order valence-corrected chi connectivity index (χ1v) is 3.96. The van der Waals surface area contributed by atoms with E-state index in [-0.39, 0.29) is 0 Å². The minimum absolute atomic E-state index is 0.819. The van der Waals surface area contributed by atoms with Gasteiger partial charge in [0.25, 0.3) is 0 Å². The fraction of sp³-hybridized carbons (Fsp3) is 1.00. The predicted molar refractivity (Wildman–Crippen MR) is 42.3 cm³/mol. The molecule has 0 heterocycles. The van der Waals surface area contributed by atoms with Crippen molar-refractivity contribution in [1.82, 2.24) is 10.0 Å². The van der Waals surface area contributed by atoms with Crippen LogP contribution >= 0.6 is 12.8 Å². The van der Waals surface area contributed by atoms with Crippen LogP contribution in [0.2, 0.25) is 0 Å². The summed E-state index contributed by atoms with van der Waals surface area (Å²) in [5.74, 6) is 0.951. The van der Waals surface area contributed by atoms with Crippen molar-refractivity contribution in [3.63, 3.8) is 0 Å². The molecule has 0 aromatic carbocycles. The van der Waals surface area contributed by atoms with E-state index in [1.807, 2.05) is 0 Å². The lowest BCUT2D eigenvalue weighted by Crippen LogP contribution is -2.31. The van der Waals surface area contributed by atoms with Crippen LogP contribution in [0.3, 0.4) is 0 Å². The second-order valence-electron chi connectivity index (χ2n) is 2.59. The quantitative estimate of drug-likeness (QED) is 0.310. The highest BCUT2D eigenvalue weighted by Crippen LogP contribution is 2.24. The number of rotatable bonds is 4. The van der Waals surface area contributed by atoms with Gasteiger partial charge in [0.2, 0.25) is 0 Å². The van der Waals surface area contributed by atoms with Gasteiger partial charge in [0.15, 0.2) is 0 Å². The second kappa shape index (κ2) is 4.14. The van der Waals surface area contributed by atoms with E-state index < -0.39 is 0 Å². The van der Waals surface area contributed by atoms with Crippen LogP contribution in [-0.4, -0.2) is 13.2 Å². The highest BCUT2D eigenvalue weighted by Gasteiger charge is 2.15. The number of hydrogen-bond acceptors (Lipinski definition) is 3. The molecular formula is C6H14N2S. The molecule has 2 N–H and O–H groups in total. The van der Waals surface area contributed by atoms with Crippen LogP contribution < -0.4 is 10.0 Å². The minimum atomic E-state index is 0.819. The van der Waals surface area contributed by atoms with Crippen LogP contribution in [-0.2, 0) is 0 Å². The molecule has 0 saturated heterocycles. The summed E-state index contributed by atoms with van der Waals surface area (Å²) in [6.45, 7) is 1.98. The van der Waals surface area contributed by atoms with Crippen LogP contribution in [0.15, 0.2) is 0 Å². The molecule has 54 valence electrons. The molecule has 3 heteroatoms. The average molecular weight is 146 g/mol. The predicted octanol–water partition coefficient (Wildman–Crippen LogP) is 0.768. The van der Waals surface area contributed by atoms with Crippen molar-refractivity contribution in [2.45, 2.75) is 19.3 Å². The van der Waals surface area contributed by atoms with E-state index >= 15 is 0 Å². The van der Waals surface area contributed by atoms with E-state index in [1.165, 1.54) is 19.3 Å². The largest absolute Gasteiger partial charge is 0.304 e. The molecule has 0 unspecified atom stereocenters. The van der Waals surface area contributed by atoms with Crippen molar-refractivity contribution in [2.24, 2.45) is 5.92 Å². The fourth-order valence-corrected chi connectivity index (χ4v) is 1.14. The maximum atomic E-state index is 3.86. The van der Waals surface area contributed by atoms with Crippen LogP contribution in [0.4, 0.5) is 0 Å². The lowest BCUT2D eigenvalue weighted by Gasteiger charge is -2.25. The summed E-state index contributed by atoms with van der Waals surface area (Å²) in [7, 11) is 0. The third kappa shape index (κ3) is 2.56. The Hall–Kier alpha value is 0.270. The molecule has 1 rings (SSSR count). The molecule has 0 spiro atoms. The molecule has 0 aliphatic heterocycles. The van der Waals surface area contributed by atoms with Gasteiger partial charge in [-0.2, -0.15) is 0 Å². The van der Waals surface area contributed by atoms with Crippen LogP contribution in [0.1, 0.15) is 19.3 Å². The highest BCUT2D eigenvalue weighted by molar-refractivity contribution is 7.78. The topological polar surface area (TPSA) is 24.1 Å². The maximum absolute atomic E-state index is 3.86. The molecule has 1 aliphatic carbocycles. The average Bonchev–Trinajstić information content (AvgIpc) is 1.76. The molecule has 0 bridgehead atoms. The number of thiol groups is 1. The normalized spacial score (nSPS) is 19.7. The Morgan fingerprint density at radius 2 is 2.22 bits per heavy atom. The van der Waals surface area contributed by atoms with E-state index in [4.69, 9.17) is 0 Å². The Morgan fingerprint density at radius 3 is 2.67 bits per heavy atom. The Balaban J connectivity index is 1.80. The van der Waals surface area contributed by atoms with Gasteiger partial charge in [0, 0.05) is 0 Å². The third-order valence-electron chi connectivity index (χ3n) is 1.86. The first kappa shape index (κ1) is 7.38. The molecule has 1 saturated carbocycles. The lowest BCUT2D eigenvalue weighted by atomic mass is 9.85. The van der Waals surface area contributed by atoms with Gasteiger partial charge in [-0.15, -0.1) is 0 Å². The summed E-state index contributed by atoms with van der Waals surface area (Å²) in [5, 5.41) is 3.25. The number of hydrogen-bond donors (Lipinski definition) is 3. The van der Waals surface area contributed by atoms with E-state index in [9.17, 15) is 0 Å². The zero-order chi connectivity index (χ0) is 6.53. The summed E-state index contributed by atoms with van der Waals surface area (Å²) in [6.07, 6.45) is 4.26. The molecule has 1 aliphatic rings. The van der Waals surface area contributed by atoms with Crippen LogP contribution in [0.5, 0.6) is 0 Å². The first-order chi connectivity index (χ1) is 4.43. The lowest BCUT2D eigenvalue weighted by molar-refractivity contribution is 0.302. The van der Waals surface area contributed by atoms with E-state index in [2.05, 4.69) is 22.9 Å². The Morgan fingerprint density at radius 1 is 1.44 bits per heavy atom. The molecule has 2 nitrogen and oxygen atoms in total. The number of nitrogens with one attached hydrogen (secondary N) is 2. The Kier molecular flexibility index (Phi) is 3.40. The summed E-state index contributed by atoms with van der Waals surface area (Å²) in [5.41, 5.74) is 0. The Bertz CT molecular complexity index is 73.5. The van der Waals surface area contributed by atoms with Crippen molar-refractivity contribution < 1.29 is 0 Å². The monoisotopic (exact) mass is 146 g/mol. The zero-order valence-corrected chi connectivity index (χ0v) is 6.45. The van der Waals surface area contributed by atoms with E-state index in [0.29, 0.717) is 0 Å². The van der Waals surface area contributed by atoms with Gasteiger partial charge in [0.1, 0.15) is 0 Å². The van der Waals surface area contributed by atoms with Gasteiger partial charge in [-0.3, -0.25) is 4.72 Å². The smallest absolute Gasteiger partial charge is 0.0549 e. The van der Waals surface area contributed by atoms with Crippen molar-refractivity contribution in [2.75, 3.05) is 13.2 Å². The summed E-state index contributed by atoms with van der Waals surface area (Å²) >= 11 is 3.86. The third-order valence-corrected chi connectivity index (χ3v) is 2.02. The van der Waals surface area contributed by atoms with Gasteiger partial charge >= 0.3 is 0 Å². The highest BCUT2D eigenvalue weighted by atomic mass is 32.1. The molecular weight excluding hydrogens is 132 g/mol. The molecule has 1 fully saturated rings. The van der Waals surface area contributed by atoms with Gasteiger partial charge in [-0.1, -0.05) is 19.2 Å². The molecule has 0 aromatic heterocycles. The fourth-order valence-electron chi connectivity index (χ4n) is 1.03. The first-order valence-electron chi connectivity index (χ1n) is 3.51. The van der Waals surface area contributed by atoms with Crippen molar-refractivity contribution in [1.29, 1.82) is 0 Å². The van der Waals surface area contributed by atoms with Gasteiger partial charge in [-0.25, -0.2) is 0 Å². The van der Waals surface area contributed by atoms with E-state index in [1.54, 1.807) is 0 Å². The SMILES string of the molecule is SNCNCC1CCC1.